The summed E-state index contributed by atoms with van der Waals surface area (Å²) in [6.45, 7) is 4.33. The van der Waals surface area contributed by atoms with Crippen molar-refractivity contribution in [2.24, 2.45) is 0 Å². The van der Waals surface area contributed by atoms with Gasteiger partial charge in [-0.3, -0.25) is 14.5 Å². The highest BCUT2D eigenvalue weighted by Gasteiger charge is 2.33. The van der Waals surface area contributed by atoms with Gasteiger partial charge in [0.05, 0.1) is 17.9 Å². The van der Waals surface area contributed by atoms with Gasteiger partial charge in [0.2, 0.25) is 12.0 Å². The number of piperazine rings is 1. The zero-order valence-corrected chi connectivity index (χ0v) is 19.3. The third-order valence-corrected chi connectivity index (χ3v) is 6.01. The van der Waals surface area contributed by atoms with Crippen LogP contribution in [0.4, 0.5) is 10.2 Å². The minimum Gasteiger partial charge on any atom is -0.485 e. The maximum absolute atomic E-state index is 13.3. The molecule has 1 atom stereocenters. The number of benzene rings is 2. The quantitative estimate of drug-likeness (QED) is 0.604. The number of halogens is 1. The van der Waals surface area contributed by atoms with Crippen LogP contribution in [0.15, 0.2) is 54.6 Å². The molecule has 0 bridgehead atoms. The molecule has 2 aliphatic heterocycles. The molecule has 1 N–H and O–H groups in total. The van der Waals surface area contributed by atoms with Gasteiger partial charge in [-0.15, -0.1) is 0 Å². The summed E-state index contributed by atoms with van der Waals surface area (Å²) in [5.74, 6) is 1.10. The van der Waals surface area contributed by atoms with E-state index in [0.717, 1.165) is 5.69 Å². The zero-order chi connectivity index (χ0) is 24.4. The van der Waals surface area contributed by atoms with Crippen molar-refractivity contribution in [3.05, 3.63) is 66.1 Å². The third kappa shape index (κ3) is 5.12. The van der Waals surface area contributed by atoms with E-state index in [9.17, 15) is 14.0 Å². The number of carbonyl (C=O) groups excluding carboxylic acids is 2. The van der Waals surface area contributed by atoms with E-state index in [1.165, 1.54) is 12.1 Å². The van der Waals surface area contributed by atoms with Crippen molar-refractivity contribution < 1.29 is 23.5 Å². The number of aromatic nitrogens is 2. The highest BCUT2D eigenvalue weighted by Crippen LogP contribution is 2.31. The van der Waals surface area contributed by atoms with Crippen LogP contribution < -0.4 is 14.8 Å². The summed E-state index contributed by atoms with van der Waals surface area (Å²) in [5, 5.41) is 7.29. The molecule has 0 aliphatic carbocycles. The number of anilines is 1. The van der Waals surface area contributed by atoms with Crippen LogP contribution in [0.25, 0.3) is 5.69 Å². The molecule has 5 rings (SSSR count). The second-order valence-corrected chi connectivity index (χ2v) is 8.57. The van der Waals surface area contributed by atoms with Crippen LogP contribution in [-0.4, -0.2) is 76.8 Å². The molecule has 0 saturated carbocycles. The average Bonchev–Trinajstić information content (AvgIpc) is 3.23. The number of hydrogen-bond acceptors (Lipinski definition) is 6. The first-order valence-corrected chi connectivity index (χ1v) is 11.5. The molecule has 182 valence electrons. The minimum absolute atomic E-state index is 0.109. The van der Waals surface area contributed by atoms with Crippen molar-refractivity contribution in [2.75, 3.05) is 44.6 Å². The number of nitrogens with one attached hydrogen (secondary N) is 1. The Morgan fingerprint density at radius 3 is 2.51 bits per heavy atom. The molecule has 10 heteroatoms. The summed E-state index contributed by atoms with van der Waals surface area (Å²) in [6.07, 6.45) is -0.672. The van der Waals surface area contributed by atoms with Crippen LogP contribution in [0, 0.1) is 12.7 Å². The minimum atomic E-state index is -0.672. The Morgan fingerprint density at radius 1 is 1.06 bits per heavy atom. The largest absolute Gasteiger partial charge is 0.485 e. The summed E-state index contributed by atoms with van der Waals surface area (Å²) >= 11 is 0. The zero-order valence-electron chi connectivity index (χ0n) is 19.3. The number of fused-ring (bicyclic) bond motifs is 1. The van der Waals surface area contributed by atoms with Gasteiger partial charge in [0.15, 0.2) is 11.5 Å². The fourth-order valence-corrected chi connectivity index (χ4v) is 4.22. The number of rotatable bonds is 5. The molecule has 2 amide bonds. The van der Waals surface area contributed by atoms with Gasteiger partial charge in [-0.25, -0.2) is 9.07 Å². The van der Waals surface area contributed by atoms with Crippen LogP contribution in [-0.2, 0) is 9.59 Å². The smallest absolute Gasteiger partial charge is 0.267 e. The highest BCUT2D eigenvalue weighted by molar-refractivity contribution is 5.91. The van der Waals surface area contributed by atoms with Gasteiger partial charge < -0.3 is 19.7 Å². The molecule has 35 heavy (non-hydrogen) atoms. The first-order chi connectivity index (χ1) is 17.0. The highest BCUT2D eigenvalue weighted by atomic mass is 19.1. The summed E-state index contributed by atoms with van der Waals surface area (Å²) < 4.78 is 26.4. The van der Waals surface area contributed by atoms with E-state index >= 15 is 0 Å². The molecular formula is C25H26FN5O4. The van der Waals surface area contributed by atoms with Crippen molar-refractivity contribution in [1.82, 2.24) is 19.6 Å². The third-order valence-electron chi connectivity index (χ3n) is 6.01. The number of para-hydroxylation sites is 2. The van der Waals surface area contributed by atoms with E-state index in [1.807, 2.05) is 30.0 Å². The summed E-state index contributed by atoms with van der Waals surface area (Å²) in [5.41, 5.74) is 1.38. The number of aryl methyl sites for hydroxylation is 1. The molecule has 2 aliphatic rings. The van der Waals surface area contributed by atoms with Gasteiger partial charge in [0, 0.05) is 32.2 Å². The number of hydrogen-bond donors (Lipinski definition) is 1. The van der Waals surface area contributed by atoms with Crippen LogP contribution in [0.1, 0.15) is 5.69 Å². The molecular weight excluding hydrogens is 453 g/mol. The van der Waals surface area contributed by atoms with Gasteiger partial charge in [0.1, 0.15) is 18.2 Å². The van der Waals surface area contributed by atoms with Gasteiger partial charge in [-0.1, -0.05) is 12.1 Å². The number of carbonyl (C=O) groups is 2. The summed E-state index contributed by atoms with van der Waals surface area (Å²) in [6, 6.07) is 15.0. The summed E-state index contributed by atoms with van der Waals surface area (Å²) in [4.78, 5) is 29.4. The van der Waals surface area contributed by atoms with E-state index in [0.29, 0.717) is 49.2 Å². The Balaban J connectivity index is 1.13. The Morgan fingerprint density at radius 2 is 1.77 bits per heavy atom. The number of nitrogens with zero attached hydrogens (tertiary/aromatic N) is 4. The lowest BCUT2D eigenvalue weighted by Crippen LogP contribution is -2.55. The Hall–Kier alpha value is -3.92. The van der Waals surface area contributed by atoms with Gasteiger partial charge in [-0.2, -0.15) is 5.10 Å². The second-order valence-electron chi connectivity index (χ2n) is 8.57. The Labute approximate surface area is 202 Å². The normalized spacial score (nSPS) is 17.8. The molecule has 1 saturated heterocycles. The summed E-state index contributed by atoms with van der Waals surface area (Å²) in [7, 11) is 0. The maximum atomic E-state index is 13.3. The SMILES string of the molecule is Cc1cc(NC(=O)CN2CCN(C(=O)[C@H]3COc4ccccc4O3)CC2)n(-c2ccc(F)cc2)n1. The number of ether oxygens (including phenoxy) is 2. The molecule has 0 spiro atoms. The van der Waals surface area contributed by atoms with E-state index in [2.05, 4.69) is 10.4 Å². The number of amides is 2. The van der Waals surface area contributed by atoms with Crippen LogP contribution >= 0.6 is 0 Å². The van der Waals surface area contributed by atoms with Crippen molar-refractivity contribution in [3.63, 3.8) is 0 Å². The Bertz CT molecular complexity index is 1220. The van der Waals surface area contributed by atoms with E-state index in [4.69, 9.17) is 9.47 Å². The average molecular weight is 480 g/mol. The van der Waals surface area contributed by atoms with E-state index < -0.39 is 6.10 Å². The molecule has 0 unspecified atom stereocenters. The van der Waals surface area contributed by atoms with Crippen LogP contribution in [0.5, 0.6) is 11.5 Å². The Kier molecular flexibility index (Phi) is 6.37. The van der Waals surface area contributed by atoms with Crippen molar-refractivity contribution in [3.8, 4) is 17.2 Å². The second kappa shape index (κ2) is 9.75. The standard InChI is InChI=1S/C25H26FN5O4/c1-17-14-23(31(28-17)19-8-6-18(26)7-9-19)27-24(32)15-29-10-12-30(13-11-29)25(33)22-16-34-20-4-2-3-5-21(20)35-22/h2-9,14,22H,10-13,15-16H2,1H3,(H,27,32)/t22-/m1/s1. The van der Waals surface area contributed by atoms with E-state index in [1.54, 1.807) is 33.8 Å². The lowest BCUT2D eigenvalue weighted by Gasteiger charge is -2.36. The predicted molar refractivity (Wildman–Crippen MR) is 126 cm³/mol. The first kappa shape index (κ1) is 22.9. The molecule has 2 aromatic carbocycles. The lowest BCUT2D eigenvalue weighted by molar-refractivity contribution is -0.143. The van der Waals surface area contributed by atoms with Gasteiger partial charge in [0.25, 0.3) is 5.91 Å². The van der Waals surface area contributed by atoms with Gasteiger partial charge in [-0.05, 0) is 43.3 Å². The van der Waals surface area contributed by atoms with Gasteiger partial charge >= 0.3 is 0 Å². The molecule has 1 fully saturated rings. The molecule has 3 heterocycles. The van der Waals surface area contributed by atoms with Crippen molar-refractivity contribution >= 4 is 17.6 Å². The molecule has 3 aromatic rings. The fourth-order valence-electron chi connectivity index (χ4n) is 4.22. The molecule has 9 nitrogen and oxygen atoms in total. The molecule has 1 aromatic heterocycles. The van der Waals surface area contributed by atoms with E-state index in [-0.39, 0.29) is 30.8 Å². The van der Waals surface area contributed by atoms with Crippen LogP contribution in [0.3, 0.4) is 0 Å². The maximum Gasteiger partial charge on any atom is 0.267 e. The van der Waals surface area contributed by atoms with Crippen LogP contribution in [0.2, 0.25) is 0 Å². The predicted octanol–water partition coefficient (Wildman–Crippen LogP) is 2.24. The molecule has 0 radical (unpaired) electrons. The first-order valence-electron chi connectivity index (χ1n) is 11.5. The van der Waals surface area contributed by atoms with Crippen molar-refractivity contribution in [2.45, 2.75) is 13.0 Å². The monoisotopic (exact) mass is 479 g/mol. The lowest BCUT2D eigenvalue weighted by atomic mass is 10.2. The van der Waals surface area contributed by atoms with Crippen molar-refractivity contribution in [1.29, 1.82) is 0 Å². The fraction of sp³-hybridized carbons (Fsp3) is 0.320. The topological polar surface area (TPSA) is 88.9 Å².